The molecule has 0 spiro atoms. The zero-order valence-electron chi connectivity index (χ0n) is 8.08. The summed E-state index contributed by atoms with van der Waals surface area (Å²) in [7, 11) is 0. The molecule has 0 saturated heterocycles. The third-order valence-electron chi connectivity index (χ3n) is 2.66. The SMILES string of the molecule is CCC(C)c1ccc2sccc2c1. The molecule has 1 unspecified atom stereocenters. The molecule has 0 aliphatic carbocycles. The first-order valence-corrected chi connectivity index (χ1v) is 5.66. The van der Waals surface area contributed by atoms with Gasteiger partial charge in [-0.25, -0.2) is 0 Å². The van der Waals surface area contributed by atoms with Crippen LogP contribution in [0.2, 0.25) is 0 Å². The van der Waals surface area contributed by atoms with Crippen LogP contribution in [0.25, 0.3) is 10.1 Å². The lowest BCUT2D eigenvalue weighted by Crippen LogP contribution is -1.89. The molecule has 2 rings (SSSR count). The Balaban J connectivity index is 2.48. The second-order valence-electron chi connectivity index (χ2n) is 3.53. The van der Waals surface area contributed by atoms with Crippen LogP contribution in [0, 0.1) is 0 Å². The monoisotopic (exact) mass is 190 g/mol. The standard InChI is InChI=1S/C12H14S/c1-3-9(2)10-4-5-12-11(8-10)6-7-13-12/h4-9H,3H2,1-2H3. The maximum absolute atomic E-state index is 2.32. The fourth-order valence-electron chi connectivity index (χ4n) is 1.53. The Hall–Kier alpha value is -0.820. The van der Waals surface area contributed by atoms with Crippen LogP contribution in [0.4, 0.5) is 0 Å². The lowest BCUT2D eigenvalue weighted by molar-refractivity contribution is 0.735. The number of benzene rings is 1. The maximum atomic E-state index is 2.32. The van der Waals surface area contributed by atoms with Crippen molar-refractivity contribution in [2.45, 2.75) is 26.2 Å². The van der Waals surface area contributed by atoms with E-state index < -0.39 is 0 Å². The molecule has 2 aromatic rings. The molecule has 1 heterocycles. The van der Waals surface area contributed by atoms with Crippen molar-refractivity contribution < 1.29 is 0 Å². The van der Waals surface area contributed by atoms with Gasteiger partial charge < -0.3 is 0 Å². The summed E-state index contributed by atoms with van der Waals surface area (Å²) in [5.74, 6) is 0.685. The third kappa shape index (κ3) is 1.61. The molecule has 0 amide bonds. The highest BCUT2D eigenvalue weighted by atomic mass is 32.1. The molecule has 1 aromatic heterocycles. The van der Waals surface area contributed by atoms with E-state index in [4.69, 9.17) is 0 Å². The smallest absolute Gasteiger partial charge is 0.0342 e. The largest absolute Gasteiger partial charge is 0.144 e. The molecule has 1 atom stereocenters. The lowest BCUT2D eigenvalue weighted by atomic mass is 9.98. The van der Waals surface area contributed by atoms with Gasteiger partial charge >= 0.3 is 0 Å². The number of fused-ring (bicyclic) bond motifs is 1. The third-order valence-corrected chi connectivity index (χ3v) is 3.56. The Kier molecular flexibility index (Phi) is 2.36. The number of rotatable bonds is 2. The van der Waals surface area contributed by atoms with Crippen LogP contribution in [0.5, 0.6) is 0 Å². The molecule has 0 nitrogen and oxygen atoms in total. The van der Waals surface area contributed by atoms with Crippen molar-refractivity contribution >= 4 is 21.4 Å². The summed E-state index contributed by atoms with van der Waals surface area (Å²) < 4.78 is 1.40. The topological polar surface area (TPSA) is 0 Å². The molecule has 1 heteroatoms. The highest BCUT2D eigenvalue weighted by Crippen LogP contribution is 2.26. The van der Waals surface area contributed by atoms with Crippen LogP contribution in [0.15, 0.2) is 29.6 Å². The fraction of sp³-hybridized carbons (Fsp3) is 0.333. The first kappa shape index (κ1) is 8.76. The molecular formula is C12H14S. The minimum Gasteiger partial charge on any atom is -0.144 e. The predicted octanol–water partition coefficient (Wildman–Crippen LogP) is 4.41. The Morgan fingerprint density at radius 1 is 1.31 bits per heavy atom. The molecule has 0 aliphatic heterocycles. The Morgan fingerprint density at radius 3 is 2.92 bits per heavy atom. The number of thiophene rings is 1. The van der Waals surface area contributed by atoms with Crippen LogP contribution in [0.3, 0.4) is 0 Å². The van der Waals surface area contributed by atoms with Gasteiger partial charge in [0.1, 0.15) is 0 Å². The van der Waals surface area contributed by atoms with E-state index in [2.05, 4.69) is 43.5 Å². The van der Waals surface area contributed by atoms with Crippen molar-refractivity contribution in [1.29, 1.82) is 0 Å². The van der Waals surface area contributed by atoms with Gasteiger partial charge in [-0.15, -0.1) is 11.3 Å². The van der Waals surface area contributed by atoms with Crippen LogP contribution in [-0.2, 0) is 0 Å². The fourth-order valence-corrected chi connectivity index (χ4v) is 2.30. The Labute approximate surface area is 83.2 Å². The van der Waals surface area contributed by atoms with E-state index in [0.717, 1.165) is 0 Å². The van der Waals surface area contributed by atoms with E-state index in [1.165, 1.54) is 22.1 Å². The maximum Gasteiger partial charge on any atom is 0.0342 e. The van der Waals surface area contributed by atoms with Crippen LogP contribution < -0.4 is 0 Å². The summed E-state index contributed by atoms with van der Waals surface area (Å²) in [6.45, 7) is 4.52. The Morgan fingerprint density at radius 2 is 2.15 bits per heavy atom. The Bertz CT molecular complexity index is 400. The molecule has 68 valence electrons. The first-order valence-electron chi connectivity index (χ1n) is 4.78. The van der Waals surface area contributed by atoms with Gasteiger partial charge in [-0.1, -0.05) is 26.0 Å². The van der Waals surface area contributed by atoms with Crippen molar-refractivity contribution in [1.82, 2.24) is 0 Å². The second kappa shape index (κ2) is 3.51. The highest BCUT2D eigenvalue weighted by Gasteiger charge is 2.03. The van der Waals surface area contributed by atoms with Gasteiger partial charge in [0, 0.05) is 4.70 Å². The molecule has 0 saturated carbocycles. The zero-order chi connectivity index (χ0) is 9.26. The van der Waals surface area contributed by atoms with Gasteiger partial charge in [-0.3, -0.25) is 0 Å². The summed E-state index contributed by atoms with van der Waals surface area (Å²) in [4.78, 5) is 0. The molecule has 0 radical (unpaired) electrons. The van der Waals surface area contributed by atoms with Gasteiger partial charge in [0.05, 0.1) is 0 Å². The quantitative estimate of drug-likeness (QED) is 0.657. The van der Waals surface area contributed by atoms with Crippen LogP contribution in [-0.4, -0.2) is 0 Å². The van der Waals surface area contributed by atoms with Crippen molar-refractivity contribution in [2.24, 2.45) is 0 Å². The van der Waals surface area contributed by atoms with E-state index in [9.17, 15) is 0 Å². The van der Waals surface area contributed by atoms with E-state index in [-0.39, 0.29) is 0 Å². The molecule has 13 heavy (non-hydrogen) atoms. The molecule has 0 aliphatic rings. The van der Waals surface area contributed by atoms with Crippen molar-refractivity contribution in [3.8, 4) is 0 Å². The molecule has 1 aromatic carbocycles. The molecule has 0 fully saturated rings. The molecule has 0 bridgehead atoms. The first-order chi connectivity index (χ1) is 6.31. The average molecular weight is 190 g/mol. The van der Waals surface area contributed by atoms with Gasteiger partial charge in [-0.05, 0) is 40.8 Å². The second-order valence-corrected chi connectivity index (χ2v) is 4.47. The predicted molar refractivity (Wildman–Crippen MR) is 60.5 cm³/mol. The van der Waals surface area contributed by atoms with E-state index >= 15 is 0 Å². The van der Waals surface area contributed by atoms with Gasteiger partial charge in [0.15, 0.2) is 0 Å². The van der Waals surface area contributed by atoms with Crippen molar-refractivity contribution in [3.05, 3.63) is 35.2 Å². The summed E-state index contributed by atoms with van der Waals surface area (Å²) in [6, 6.07) is 9.01. The zero-order valence-corrected chi connectivity index (χ0v) is 8.90. The van der Waals surface area contributed by atoms with Gasteiger partial charge in [0.2, 0.25) is 0 Å². The normalized spacial score (nSPS) is 13.4. The van der Waals surface area contributed by atoms with Crippen molar-refractivity contribution in [3.63, 3.8) is 0 Å². The van der Waals surface area contributed by atoms with Crippen LogP contribution >= 0.6 is 11.3 Å². The summed E-state index contributed by atoms with van der Waals surface area (Å²) in [5.41, 5.74) is 1.47. The van der Waals surface area contributed by atoms with Crippen molar-refractivity contribution in [2.75, 3.05) is 0 Å². The summed E-state index contributed by atoms with van der Waals surface area (Å²) in [6.07, 6.45) is 1.22. The molecule has 0 N–H and O–H groups in total. The van der Waals surface area contributed by atoms with Gasteiger partial charge in [0.25, 0.3) is 0 Å². The molecular weight excluding hydrogens is 176 g/mol. The minimum absolute atomic E-state index is 0.685. The van der Waals surface area contributed by atoms with Gasteiger partial charge in [-0.2, -0.15) is 0 Å². The number of hydrogen-bond acceptors (Lipinski definition) is 1. The number of hydrogen-bond donors (Lipinski definition) is 0. The minimum atomic E-state index is 0.685. The van der Waals surface area contributed by atoms with E-state index in [0.29, 0.717) is 5.92 Å². The summed E-state index contributed by atoms with van der Waals surface area (Å²) in [5, 5.41) is 3.55. The average Bonchev–Trinajstić information content (AvgIpc) is 2.63. The summed E-state index contributed by atoms with van der Waals surface area (Å²) >= 11 is 1.82. The lowest BCUT2D eigenvalue weighted by Gasteiger charge is -2.08. The highest BCUT2D eigenvalue weighted by molar-refractivity contribution is 7.17. The van der Waals surface area contributed by atoms with E-state index in [1.54, 1.807) is 0 Å². The van der Waals surface area contributed by atoms with E-state index in [1.807, 2.05) is 11.3 Å². The van der Waals surface area contributed by atoms with Crippen LogP contribution in [0.1, 0.15) is 31.7 Å².